The van der Waals surface area contributed by atoms with Gasteiger partial charge in [0.1, 0.15) is 5.82 Å². The van der Waals surface area contributed by atoms with E-state index in [2.05, 4.69) is 33.2 Å². The monoisotopic (exact) mass is 315 g/mol. The second-order valence-electron chi connectivity index (χ2n) is 6.56. The Balaban J connectivity index is 1.51. The summed E-state index contributed by atoms with van der Waals surface area (Å²) in [6, 6.07) is 2.65. The highest BCUT2D eigenvalue weighted by atomic mass is 32.1. The predicted octanol–water partition coefficient (Wildman–Crippen LogP) is 3.71. The van der Waals surface area contributed by atoms with Gasteiger partial charge >= 0.3 is 0 Å². The number of aryl methyl sites for hydroxylation is 1. The molecule has 22 heavy (non-hydrogen) atoms. The number of H-pyrrole nitrogens is 1. The maximum absolute atomic E-state index is 12.3. The van der Waals surface area contributed by atoms with Crippen LogP contribution in [0.15, 0.2) is 17.6 Å². The number of thiophene rings is 1. The van der Waals surface area contributed by atoms with Crippen molar-refractivity contribution in [2.45, 2.75) is 51.0 Å². The molecule has 4 nitrogen and oxygen atoms in total. The molecule has 0 radical (unpaired) electrons. The minimum absolute atomic E-state index is 0.225. The lowest BCUT2D eigenvalue weighted by molar-refractivity contribution is -0.129. The standard InChI is InChI=1S/C17H21N3OS/c1-11-6-15(22-10-11)14-8-18-17(19-14)12-7-16(21)20(9-12)13-4-2-3-5-13/h6,8,10,12-13H,2-5,7,9H2,1H3,(H,18,19). The van der Waals surface area contributed by atoms with Crippen LogP contribution in [-0.4, -0.2) is 33.4 Å². The van der Waals surface area contributed by atoms with Gasteiger partial charge in [0, 0.05) is 24.9 Å². The first-order chi connectivity index (χ1) is 10.7. The summed E-state index contributed by atoms with van der Waals surface area (Å²) in [6.45, 7) is 2.94. The normalized spacial score (nSPS) is 22.9. The molecule has 1 atom stereocenters. The van der Waals surface area contributed by atoms with Gasteiger partial charge in [-0.25, -0.2) is 4.98 Å². The van der Waals surface area contributed by atoms with Crippen molar-refractivity contribution in [2.75, 3.05) is 6.54 Å². The van der Waals surface area contributed by atoms with Crippen LogP contribution in [0.25, 0.3) is 10.6 Å². The zero-order chi connectivity index (χ0) is 15.1. The van der Waals surface area contributed by atoms with E-state index in [1.54, 1.807) is 11.3 Å². The fourth-order valence-electron chi connectivity index (χ4n) is 3.73. The Morgan fingerprint density at radius 1 is 1.36 bits per heavy atom. The molecule has 3 heterocycles. The zero-order valence-electron chi connectivity index (χ0n) is 12.8. The third-order valence-electron chi connectivity index (χ3n) is 4.90. The van der Waals surface area contributed by atoms with Crippen molar-refractivity contribution in [1.82, 2.24) is 14.9 Å². The summed E-state index contributed by atoms with van der Waals surface area (Å²) in [4.78, 5) is 23.6. The van der Waals surface area contributed by atoms with Crippen LogP contribution < -0.4 is 0 Å². The molecule has 5 heteroatoms. The average molecular weight is 315 g/mol. The minimum atomic E-state index is 0.225. The number of nitrogens with one attached hydrogen (secondary N) is 1. The topological polar surface area (TPSA) is 49.0 Å². The lowest BCUT2D eigenvalue weighted by atomic mass is 10.1. The number of imidazole rings is 1. The fraction of sp³-hybridized carbons (Fsp3) is 0.529. The lowest BCUT2D eigenvalue weighted by Gasteiger charge is -2.23. The van der Waals surface area contributed by atoms with Gasteiger partial charge in [0.25, 0.3) is 0 Å². The van der Waals surface area contributed by atoms with Crippen molar-refractivity contribution in [2.24, 2.45) is 0 Å². The molecular formula is C17H21N3OS. The molecule has 2 aliphatic rings. The Bertz CT molecular complexity index is 684. The van der Waals surface area contributed by atoms with Crippen LogP contribution in [0.4, 0.5) is 0 Å². The molecule has 1 N–H and O–H groups in total. The Hall–Kier alpha value is -1.62. The van der Waals surface area contributed by atoms with Crippen molar-refractivity contribution in [3.63, 3.8) is 0 Å². The van der Waals surface area contributed by atoms with E-state index in [4.69, 9.17) is 0 Å². The molecule has 1 unspecified atom stereocenters. The van der Waals surface area contributed by atoms with Gasteiger partial charge in [-0.3, -0.25) is 4.79 Å². The molecule has 2 aromatic rings. The number of carbonyl (C=O) groups excluding carboxylic acids is 1. The summed E-state index contributed by atoms with van der Waals surface area (Å²) in [5.41, 5.74) is 2.35. The van der Waals surface area contributed by atoms with Crippen LogP contribution in [-0.2, 0) is 4.79 Å². The van der Waals surface area contributed by atoms with E-state index in [-0.39, 0.29) is 5.92 Å². The van der Waals surface area contributed by atoms with Crippen LogP contribution in [0.3, 0.4) is 0 Å². The van der Waals surface area contributed by atoms with E-state index in [0.717, 1.165) is 18.1 Å². The number of nitrogens with zero attached hydrogens (tertiary/aromatic N) is 2. The highest BCUT2D eigenvalue weighted by Crippen LogP contribution is 2.34. The average Bonchev–Trinajstić information content (AvgIpc) is 3.24. The van der Waals surface area contributed by atoms with Crippen LogP contribution in [0.2, 0.25) is 0 Å². The SMILES string of the molecule is Cc1csc(-c2cnc(C3CC(=O)N(C4CCCC4)C3)[nH]2)c1. The minimum Gasteiger partial charge on any atom is -0.341 e. The Morgan fingerprint density at radius 3 is 2.91 bits per heavy atom. The van der Waals surface area contributed by atoms with Crippen LogP contribution in [0, 0.1) is 6.92 Å². The number of aromatic amines is 1. The number of hydrogen-bond donors (Lipinski definition) is 1. The van der Waals surface area contributed by atoms with Gasteiger partial charge < -0.3 is 9.88 Å². The smallest absolute Gasteiger partial charge is 0.223 e. The molecular weight excluding hydrogens is 294 g/mol. The number of hydrogen-bond acceptors (Lipinski definition) is 3. The zero-order valence-corrected chi connectivity index (χ0v) is 13.7. The summed E-state index contributed by atoms with van der Waals surface area (Å²) >= 11 is 1.73. The first-order valence-electron chi connectivity index (χ1n) is 8.10. The predicted molar refractivity (Wildman–Crippen MR) is 88.0 cm³/mol. The molecule has 4 rings (SSSR count). The summed E-state index contributed by atoms with van der Waals surface area (Å²) in [5, 5.41) is 2.15. The third-order valence-corrected chi connectivity index (χ3v) is 5.98. The Labute approximate surface area is 134 Å². The summed E-state index contributed by atoms with van der Waals surface area (Å²) < 4.78 is 0. The number of carbonyl (C=O) groups is 1. The number of aromatic nitrogens is 2. The molecule has 1 aliphatic heterocycles. The molecule has 0 spiro atoms. The van der Waals surface area contributed by atoms with Gasteiger partial charge in [0.05, 0.1) is 16.8 Å². The molecule has 2 aromatic heterocycles. The molecule has 0 bridgehead atoms. The second kappa shape index (κ2) is 5.54. The number of rotatable bonds is 3. The molecule has 1 saturated carbocycles. The van der Waals surface area contributed by atoms with Crippen LogP contribution >= 0.6 is 11.3 Å². The van der Waals surface area contributed by atoms with Gasteiger partial charge in [0.15, 0.2) is 0 Å². The molecule has 0 aromatic carbocycles. The highest BCUT2D eigenvalue weighted by molar-refractivity contribution is 7.13. The van der Waals surface area contributed by atoms with Crippen LogP contribution in [0.1, 0.15) is 49.4 Å². The molecule has 1 saturated heterocycles. The first kappa shape index (κ1) is 14.0. The molecule has 1 aliphatic carbocycles. The van der Waals surface area contributed by atoms with E-state index >= 15 is 0 Å². The first-order valence-corrected chi connectivity index (χ1v) is 8.98. The third kappa shape index (κ3) is 2.47. The maximum atomic E-state index is 12.3. The van der Waals surface area contributed by atoms with Gasteiger partial charge in [-0.2, -0.15) is 0 Å². The van der Waals surface area contributed by atoms with E-state index in [9.17, 15) is 4.79 Å². The van der Waals surface area contributed by atoms with E-state index in [1.807, 2.05) is 6.20 Å². The molecule has 116 valence electrons. The molecule has 2 fully saturated rings. The fourth-order valence-corrected chi connectivity index (χ4v) is 4.59. The Kier molecular flexibility index (Phi) is 3.53. The Morgan fingerprint density at radius 2 is 2.18 bits per heavy atom. The van der Waals surface area contributed by atoms with Gasteiger partial charge in [-0.15, -0.1) is 11.3 Å². The highest BCUT2D eigenvalue weighted by Gasteiger charge is 2.37. The summed E-state index contributed by atoms with van der Waals surface area (Å²) in [6.07, 6.45) is 7.40. The van der Waals surface area contributed by atoms with Crippen molar-refractivity contribution < 1.29 is 4.79 Å². The van der Waals surface area contributed by atoms with Crippen molar-refractivity contribution >= 4 is 17.2 Å². The second-order valence-corrected chi connectivity index (χ2v) is 7.47. The van der Waals surface area contributed by atoms with Crippen LogP contribution in [0.5, 0.6) is 0 Å². The van der Waals surface area contributed by atoms with E-state index in [1.165, 1.54) is 36.1 Å². The largest absolute Gasteiger partial charge is 0.341 e. The van der Waals surface area contributed by atoms with Gasteiger partial charge in [0.2, 0.25) is 5.91 Å². The van der Waals surface area contributed by atoms with Crippen molar-refractivity contribution in [3.8, 4) is 10.6 Å². The lowest BCUT2D eigenvalue weighted by Crippen LogP contribution is -2.34. The maximum Gasteiger partial charge on any atom is 0.223 e. The number of likely N-dealkylation sites (tertiary alicyclic amines) is 1. The summed E-state index contributed by atoms with van der Waals surface area (Å²) in [5.74, 6) is 1.50. The van der Waals surface area contributed by atoms with E-state index in [0.29, 0.717) is 18.4 Å². The van der Waals surface area contributed by atoms with Crippen molar-refractivity contribution in [1.29, 1.82) is 0 Å². The number of amides is 1. The van der Waals surface area contributed by atoms with E-state index < -0.39 is 0 Å². The van der Waals surface area contributed by atoms with Gasteiger partial charge in [-0.05, 0) is 36.8 Å². The quantitative estimate of drug-likeness (QED) is 0.938. The van der Waals surface area contributed by atoms with Crippen molar-refractivity contribution in [3.05, 3.63) is 29.0 Å². The summed E-state index contributed by atoms with van der Waals surface area (Å²) in [7, 11) is 0. The van der Waals surface area contributed by atoms with Gasteiger partial charge in [-0.1, -0.05) is 12.8 Å². The molecule has 1 amide bonds.